The number of nitrogens with one attached hydrogen (secondary N) is 4. The molecule has 370 valence electrons. The van der Waals surface area contributed by atoms with E-state index in [-0.39, 0.29) is 34.9 Å². The highest BCUT2D eigenvalue weighted by Gasteiger charge is 2.45. The molecule has 8 rings (SSSR count). The number of hydrogen-bond acceptors (Lipinski definition) is 15. The minimum atomic E-state index is -1.03. The Hall–Kier alpha value is -6.58. The van der Waals surface area contributed by atoms with Gasteiger partial charge >= 0.3 is 0 Å². The molecule has 1 unspecified atom stereocenters. The number of hydrogen-bond donors (Lipinski definition) is 4. The van der Waals surface area contributed by atoms with E-state index in [2.05, 4.69) is 47.6 Å². The highest BCUT2D eigenvalue weighted by atomic mass is 35.5. The molecule has 0 bridgehead atoms. The fourth-order valence-electron chi connectivity index (χ4n) is 9.17. The molecule has 3 aromatic carbocycles. The summed E-state index contributed by atoms with van der Waals surface area (Å²) in [7, 11) is 0. The van der Waals surface area contributed by atoms with Gasteiger partial charge in [-0.2, -0.15) is 0 Å². The average molecular weight is 983 g/mol. The molecule has 1 atom stereocenters. The average Bonchev–Trinajstić information content (AvgIpc) is 3.62. The largest absolute Gasteiger partial charge is 0.491 e. The molecular formula is C49H56ClFN10O9. The maximum absolute atomic E-state index is 13.8. The summed E-state index contributed by atoms with van der Waals surface area (Å²) in [5.74, 6) is -2.17. The van der Waals surface area contributed by atoms with Gasteiger partial charge in [0.15, 0.2) is 0 Å². The quantitative estimate of drug-likeness (QED) is 0.0510. The van der Waals surface area contributed by atoms with Crippen LogP contribution in [0.15, 0.2) is 67.5 Å². The molecular weight excluding hydrogens is 927 g/mol. The van der Waals surface area contributed by atoms with Crippen LogP contribution in [0.2, 0.25) is 5.02 Å². The van der Waals surface area contributed by atoms with Crippen molar-refractivity contribution in [3.8, 4) is 5.75 Å². The van der Waals surface area contributed by atoms with Crippen molar-refractivity contribution in [3.05, 3.63) is 89.5 Å². The van der Waals surface area contributed by atoms with Crippen LogP contribution in [0.25, 0.3) is 10.9 Å². The molecule has 70 heavy (non-hydrogen) atoms. The number of nitrogens with zero attached hydrogens (tertiary/aromatic N) is 6. The van der Waals surface area contributed by atoms with Gasteiger partial charge in [-0.15, -0.1) is 0 Å². The number of carbonyl (C=O) groups is 6. The Morgan fingerprint density at radius 2 is 1.67 bits per heavy atom. The molecule has 4 aliphatic heterocycles. The number of rotatable bonds is 21. The summed E-state index contributed by atoms with van der Waals surface area (Å²) in [6.45, 7) is 11.4. The normalized spacial score (nSPS) is 17.9. The zero-order valence-corrected chi connectivity index (χ0v) is 39.4. The SMILES string of the molecule is C=CC(=O)Nc1cc2c(Nc3ccc(F)c(Cl)c3)ncnc2cc1OCCCN1CCC(N2CCN(C(=O)CCOCCOCCNc3cccc4c3C(=O)N(C3CCC(=O)NC3=O)C4=O)CC2)CC1. The van der Waals surface area contributed by atoms with Gasteiger partial charge < -0.3 is 40.0 Å². The number of fused-ring (bicyclic) bond motifs is 2. The lowest BCUT2D eigenvalue weighted by molar-refractivity contribution is -0.136. The Labute approximate surface area is 409 Å². The van der Waals surface area contributed by atoms with Gasteiger partial charge in [-0.1, -0.05) is 24.2 Å². The number of carbonyl (C=O) groups excluding carboxylic acids is 6. The van der Waals surface area contributed by atoms with Gasteiger partial charge in [-0.05, 0) is 81.2 Å². The Morgan fingerprint density at radius 1 is 0.886 bits per heavy atom. The molecule has 3 saturated heterocycles. The van der Waals surface area contributed by atoms with Gasteiger partial charge in [0.1, 0.15) is 29.8 Å². The molecule has 6 amide bonds. The van der Waals surface area contributed by atoms with Crippen molar-refractivity contribution in [1.29, 1.82) is 0 Å². The summed E-state index contributed by atoms with van der Waals surface area (Å²) in [5, 5.41) is 11.9. The number of aromatic nitrogens is 2. The van der Waals surface area contributed by atoms with Crippen molar-refractivity contribution in [2.45, 2.75) is 50.6 Å². The molecule has 21 heteroatoms. The van der Waals surface area contributed by atoms with Crippen LogP contribution in [0.4, 0.5) is 27.3 Å². The number of anilines is 4. The van der Waals surface area contributed by atoms with Crippen molar-refractivity contribution in [2.24, 2.45) is 0 Å². The predicted molar refractivity (Wildman–Crippen MR) is 259 cm³/mol. The highest BCUT2D eigenvalue weighted by molar-refractivity contribution is 6.31. The van der Waals surface area contributed by atoms with Crippen molar-refractivity contribution < 1.29 is 47.4 Å². The third-order valence-electron chi connectivity index (χ3n) is 12.8. The van der Waals surface area contributed by atoms with Crippen LogP contribution in [0.5, 0.6) is 5.75 Å². The standard InChI is InChI=1S/C49H56ClFN10O9/c1-2-42(62)56-39-28-34-38(53-30-54-46(34)55-31-7-8-36(51)35(50)27-31)29-41(39)70-22-4-15-58-16-11-32(12-17-58)59-18-20-60(21-19-59)44(64)13-23-68-25-26-69-24-14-52-37-6-3-5-33-45(37)49(67)61(48(33)66)40-9-10-43(63)57-47(40)65/h2-3,5-8,27-30,32,40,52H,1,4,9-26H2,(H,56,62)(H,53,54,55)(H,57,63,65). The molecule has 1 aromatic heterocycles. The molecule has 0 saturated carbocycles. The molecule has 19 nitrogen and oxygen atoms in total. The minimum Gasteiger partial charge on any atom is -0.491 e. The molecule has 0 radical (unpaired) electrons. The molecule has 5 heterocycles. The summed E-state index contributed by atoms with van der Waals surface area (Å²) in [5.41, 5.74) is 2.41. The molecule has 4 N–H and O–H groups in total. The van der Waals surface area contributed by atoms with Crippen LogP contribution < -0.4 is 26.0 Å². The first kappa shape index (κ1) is 49.8. The second kappa shape index (κ2) is 23.4. The number of likely N-dealkylation sites (tertiary alicyclic amines) is 1. The van der Waals surface area contributed by atoms with E-state index in [1.807, 2.05) is 4.90 Å². The predicted octanol–water partition coefficient (Wildman–Crippen LogP) is 4.60. The van der Waals surface area contributed by atoms with Crippen molar-refractivity contribution >= 4 is 80.8 Å². The second-order valence-corrected chi connectivity index (χ2v) is 17.7. The smallest absolute Gasteiger partial charge is 0.264 e. The lowest BCUT2D eigenvalue weighted by Crippen LogP contribution is -2.54. The zero-order valence-electron chi connectivity index (χ0n) is 38.7. The van der Waals surface area contributed by atoms with E-state index in [0.717, 1.165) is 56.9 Å². The minimum absolute atomic E-state index is 0.0286. The lowest BCUT2D eigenvalue weighted by Gasteiger charge is -2.42. The zero-order chi connectivity index (χ0) is 49.1. The van der Waals surface area contributed by atoms with Crippen LogP contribution >= 0.6 is 11.6 Å². The maximum atomic E-state index is 13.8. The topological polar surface area (TPSA) is 217 Å². The van der Waals surface area contributed by atoms with Crippen LogP contribution in [0, 0.1) is 5.82 Å². The van der Waals surface area contributed by atoms with E-state index in [9.17, 15) is 33.2 Å². The van der Waals surface area contributed by atoms with Gasteiger partial charge in [0.05, 0.1) is 66.8 Å². The Kier molecular flexibility index (Phi) is 16.6. The van der Waals surface area contributed by atoms with Gasteiger partial charge in [0, 0.05) is 74.6 Å². The number of piperazine rings is 1. The van der Waals surface area contributed by atoms with Gasteiger partial charge in [0.2, 0.25) is 23.6 Å². The fraction of sp³-hybridized carbons (Fsp3) is 0.429. The van der Waals surface area contributed by atoms with Gasteiger partial charge in [0.25, 0.3) is 11.8 Å². The van der Waals surface area contributed by atoms with Crippen LogP contribution in [0.1, 0.15) is 59.2 Å². The van der Waals surface area contributed by atoms with E-state index in [1.165, 1.54) is 24.5 Å². The third kappa shape index (κ3) is 12.0. The third-order valence-corrected chi connectivity index (χ3v) is 13.1. The van der Waals surface area contributed by atoms with Crippen LogP contribution in [-0.2, 0) is 28.7 Å². The Balaban J connectivity index is 0.684. The van der Waals surface area contributed by atoms with Gasteiger partial charge in [-0.3, -0.25) is 43.9 Å². The summed E-state index contributed by atoms with van der Waals surface area (Å²) in [4.78, 5) is 92.3. The summed E-state index contributed by atoms with van der Waals surface area (Å²) >= 11 is 5.98. The molecule has 4 aliphatic rings. The molecule has 0 spiro atoms. The van der Waals surface area contributed by atoms with Crippen LogP contribution in [-0.4, -0.2) is 162 Å². The van der Waals surface area contributed by atoms with E-state index in [1.54, 1.807) is 36.4 Å². The number of halogens is 2. The van der Waals surface area contributed by atoms with Crippen molar-refractivity contribution in [1.82, 2.24) is 34.9 Å². The molecule has 4 aromatic rings. The number of benzene rings is 3. The molecule has 0 aliphatic carbocycles. The lowest BCUT2D eigenvalue weighted by atomic mass is 10.0. The van der Waals surface area contributed by atoms with Crippen molar-refractivity contribution in [3.63, 3.8) is 0 Å². The first-order chi connectivity index (χ1) is 34.0. The van der Waals surface area contributed by atoms with Gasteiger partial charge in [-0.25, -0.2) is 14.4 Å². The maximum Gasteiger partial charge on any atom is 0.264 e. The number of ether oxygens (including phenoxy) is 3. The Bertz CT molecular complexity index is 2620. The monoisotopic (exact) mass is 982 g/mol. The number of imide groups is 2. The molecule has 3 fully saturated rings. The summed E-state index contributed by atoms with van der Waals surface area (Å²) < 4.78 is 31.3. The van der Waals surface area contributed by atoms with Crippen molar-refractivity contribution in [2.75, 3.05) is 101 Å². The second-order valence-electron chi connectivity index (χ2n) is 17.3. The summed E-state index contributed by atoms with van der Waals surface area (Å²) in [6, 6.07) is 12.1. The fourth-order valence-corrected chi connectivity index (χ4v) is 9.35. The van der Waals surface area contributed by atoms with E-state index in [0.29, 0.717) is 105 Å². The Morgan fingerprint density at radius 3 is 2.43 bits per heavy atom. The summed E-state index contributed by atoms with van der Waals surface area (Å²) in [6.07, 6.45) is 5.88. The number of piperidine rings is 2. The first-order valence-corrected chi connectivity index (χ1v) is 23.9. The van der Waals surface area contributed by atoms with Crippen LogP contribution in [0.3, 0.4) is 0 Å². The highest BCUT2D eigenvalue weighted by Crippen LogP contribution is 2.35. The number of amides is 6. The van der Waals surface area contributed by atoms with E-state index in [4.69, 9.17) is 25.8 Å². The van der Waals surface area contributed by atoms with E-state index < -0.39 is 41.4 Å². The van der Waals surface area contributed by atoms with E-state index >= 15 is 0 Å². The first-order valence-electron chi connectivity index (χ1n) is 23.5.